The van der Waals surface area contributed by atoms with Crippen molar-refractivity contribution in [1.29, 1.82) is 0 Å². The largest absolute Gasteiger partial charge is 0.573 e. The lowest BCUT2D eigenvalue weighted by Gasteiger charge is -2.28. The molecule has 0 aliphatic carbocycles. The number of anilines is 1. The Morgan fingerprint density at radius 1 is 1.04 bits per heavy atom. The maximum atomic E-state index is 12.3. The van der Waals surface area contributed by atoms with Crippen molar-refractivity contribution in [2.24, 2.45) is 0 Å². The summed E-state index contributed by atoms with van der Waals surface area (Å²) in [4.78, 5) is 2.23. The highest BCUT2D eigenvalue weighted by molar-refractivity contribution is 5.90. The molecule has 28 heavy (non-hydrogen) atoms. The molecule has 148 valence electrons. The van der Waals surface area contributed by atoms with E-state index in [4.69, 9.17) is 4.74 Å². The monoisotopic (exact) mass is 392 g/mol. The lowest BCUT2D eigenvalue weighted by atomic mass is 10.2. The van der Waals surface area contributed by atoms with Gasteiger partial charge in [-0.2, -0.15) is 0 Å². The summed E-state index contributed by atoms with van der Waals surface area (Å²) in [7, 11) is 0. The fourth-order valence-electron chi connectivity index (χ4n) is 3.38. The van der Waals surface area contributed by atoms with Gasteiger partial charge in [0.2, 0.25) is 0 Å². The number of rotatable bonds is 4. The highest BCUT2D eigenvalue weighted by atomic mass is 19.4. The molecule has 1 fully saturated rings. The van der Waals surface area contributed by atoms with Crippen LogP contribution >= 0.6 is 0 Å². The first-order valence-corrected chi connectivity index (χ1v) is 8.88. The van der Waals surface area contributed by atoms with Crippen molar-refractivity contribution in [3.05, 3.63) is 54.2 Å². The molecule has 2 aromatic carbocycles. The third-order valence-electron chi connectivity index (χ3n) is 4.73. The van der Waals surface area contributed by atoms with Crippen molar-refractivity contribution in [3.63, 3.8) is 0 Å². The van der Waals surface area contributed by atoms with Crippen molar-refractivity contribution in [2.45, 2.75) is 12.9 Å². The van der Waals surface area contributed by atoms with Gasteiger partial charge in [-0.05, 0) is 35.9 Å². The Hall–Kier alpha value is -2.87. The third-order valence-corrected chi connectivity index (χ3v) is 4.73. The fourth-order valence-corrected chi connectivity index (χ4v) is 3.38. The van der Waals surface area contributed by atoms with E-state index in [1.165, 1.54) is 12.1 Å². The van der Waals surface area contributed by atoms with Crippen LogP contribution in [0.1, 0.15) is 5.56 Å². The van der Waals surface area contributed by atoms with Crippen LogP contribution in [0.4, 0.5) is 18.9 Å². The Labute approximate surface area is 159 Å². The fraction of sp³-hybridized carbons (Fsp3) is 0.300. The minimum Gasteiger partial charge on any atom is -0.494 e. The molecule has 2 heterocycles. The molecule has 0 radical (unpaired) electrons. The number of nitrogens with zero attached hydrogens (tertiary/aromatic N) is 2. The average molecular weight is 392 g/mol. The zero-order valence-electron chi connectivity index (χ0n) is 14.9. The summed E-state index contributed by atoms with van der Waals surface area (Å²) >= 11 is 0. The highest BCUT2D eigenvalue weighted by Gasteiger charge is 2.30. The Balaban J connectivity index is 1.54. The molecule has 4 rings (SSSR count). The van der Waals surface area contributed by atoms with Gasteiger partial charge in [0.1, 0.15) is 5.75 Å². The second kappa shape index (κ2) is 7.27. The van der Waals surface area contributed by atoms with Crippen LogP contribution in [0, 0.1) is 0 Å². The Morgan fingerprint density at radius 2 is 1.75 bits per heavy atom. The number of fused-ring (bicyclic) bond motifs is 1. The molecule has 8 heteroatoms. The van der Waals surface area contributed by atoms with Crippen LogP contribution in [-0.2, 0) is 11.3 Å². The molecule has 0 unspecified atom stereocenters. The second-order valence-corrected chi connectivity index (χ2v) is 6.64. The highest BCUT2D eigenvalue weighted by Crippen LogP contribution is 2.32. The molecule has 0 atom stereocenters. The van der Waals surface area contributed by atoms with E-state index in [2.05, 4.69) is 9.64 Å². The summed E-state index contributed by atoms with van der Waals surface area (Å²) in [5, 5.41) is 12.1. The molecule has 1 N–H and O–H groups in total. The van der Waals surface area contributed by atoms with Crippen LogP contribution in [0.2, 0.25) is 0 Å². The van der Waals surface area contributed by atoms with Crippen molar-refractivity contribution >= 4 is 16.5 Å². The summed E-state index contributed by atoms with van der Waals surface area (Å²) in [6.07, 6.45) is -2.87. The topological polar surface area (TPSA) is 46.9 Å². The van der Waals surface area contributed by atoms with Gasteiger partial charge in [-0.1, -0.05) is 12.1 Å². The number of hydrogen-bond acceptors (Lipinski definition) is 4. The number of hydrogen-bond donors (Lipinski definition) is 1. The number of halogens is 3. The van der Waals surface area contributed by atoms with E-state index in [9.17, 15) is 18.3 Å². The number of alkyl halides is 3. The summed E-state index contributed by atoms with van der Waals surface area (Å²) in [5.41, 5.74) is 1.82. The third kappa shape index (κ3) is 4.01. The smallest absolute Gasteiger partial charge is 0.494 e. The molecule has 1 aliphatic heterocycles. The number of benzene rings is 2. The van der Waals surface area contributed by atoms with Gasteiger partial charge < -0.3 is 24.0 Å². The number of ether oxygens (including phenoxy) is 2. The second-order valence-electron chi connectivity index (χ2n) is 6.64. The standard InChI is InChI=1S/C20H19F3N2O3/c21-20(22,23)28-17-4-1-14(2-5-17)12-25-13-15-11-16(3-6-18(15)19(25)26)24-7-9-27-10-8-24/h1-6,11,13,26H,7-10,12H2. The molecule has 0 saturated carbocycles. The molecule has 1 aromatic heterocycles. The molecule has 0 bridgehead atoms. The van der Waals surface area contributed by atoms with Gasteiger partial charge >= 0.3 is 6.36 Å². The average Bonchev–Trinajstić information content (AvgIpc) is 2.98. The Kier molecular flexibility index (Phi) is 4.80. The summed E-state index contributed by atoms with van der Waals surface area (Å²) < 4.78 is 47.7. The van der Waals surface area contributed by atoms with E-state index in [0.717, 1.165) is 35.1 Å². The van der Waals surface area contributed by atoms with Gasteiger partial charge in [0.05, 0.1) is 19.8 Å². The van der Waals surface area contributed by atoms with Crippen LogP contribution in [-0.4, -0.2) is 42.3 Å². The van der Waals surface area contributed by atoms with E-state index in [-0.39, 0.29) is 11.6 Å². The van der Waals surface area contributed by atoms with Crippen LogP contribution in [0.15, 0.2) is 48.7 Å². The first-order valence-electron chi connectivity index (χ1n) is 8.88. The van der Waals surface area contributed by atoms with Gasteiger partial charge in [0.15, 0.2) is 5.88 Å². The first-order chi connectivity index (χ1) is 13.4. The number of morpholine rings is 1. The number of aromatic nitrogens is 1. The Bertz CT molecular complexity index is 961. The van der Waals surface area contributed by atoms with E-state index in [1.54, 1.807) is 16.7 Å². The zero-order chi connectivity index (χ0) is 19.7. The van der Waals surface area contributed by atoms with Gasteiger partial charge in [-0.25, -0.2) is 0 Å². The van der Waals surface area contributed by atoms with E-state index in [1.807, 2.05) is 24.4 Å². The normalized spacial score (nSPS) is 15.2. The molecular weight excluding hydrogens is 373 g/mol. The SMILES string of the molecule is Oc1c2ccc(N3CCOCC3)cc2cn1Cc1ccc(OC(F)(F)F)cc1. The van der Waals surface area contributed by atoms with Crippen molar-refractivity contribution in [2.75, 3.05) is 31.2 Å². The number of aromatic hydroxyl groups is 1. The van der Waals surface area contributed by atoms with E-state index in [0.29, 0.717) is 19.8 Å². The maximum Gasteiger partial charge on any atom is 0.573 e. The Morgan fingerprint density at radius 3 is 2.43 bits per heavy atom. The maximum absolute atomic E-state index is 12.3. The minimum atomic E-state index is -4.71. The lowest BCUT2D eigenvalue weighted by Crippen LogP contribution is -2.36. The molecule has 1 saturated heterocycles. The predicted octanol–water partition coefficient (Wildman–Crippen LogP) is 4.13. The van der Waals surface area contributed by atoms with Gasteiger partial charge in [0, 0.05) is 35.7 Å². The summed E-state index contributed by atoms with van der Waals surface area (Å²) in [5.74, 6) is -0.146. The van der Waals surface area contributed by atoms with Crippen molar-refractivity contribution in [3.8, 4) is 11.6 Å². The van der Waals surface area contributed by atoms with Crippen LogP contribution in [0.25, 0.3) is 10.8 Å². The minimum absolute atomic E-state index is 0.124. The molecule has 0 amide bonds. The van der Waals surface area contributed by atoms with E-state index >= 15 is 0 Å². The van der Waals surface area contributed by atoms with Crippen molar-refractivity contribution in [1.82, 2.24) is 4.57 Å². The van der Waals surface area contributed by atoms with Gasteiger partial charge in [-0.3, -0.25) is 0 Å². The lowest BCUT2D eigenvalue weighted by molar-refractivity contribution is -0.274. The quantitative estimate of drug-likeness (QED) is 0.725. The summed E-state index contributed by atoms with van der Waals surface area (Å²) in [6.45, 7) is 3.37. The van der Waals surface area contributed by atoms with E-state index < -0.39 is 6.36 Å². The summed E-state index contributed by atoms with van der Waals surface area (Å²) in [6, 6.07) is 11.5. The molecule has 0 spiro atoms. The van der Waals surface area contributed by atoms with Crippen LogP contribution < -0.4 is 9.64 Å². The van der Waals surface area contributed by atoms with Crippen LogP contribution in [0.5, 0.6) is 11.6 Å². The van der Waals surface area contributed by atoms with Crippen molar-refractivity contribution < 1.29 is 27.8 Å². The molecular formula is C20H19F3N2O3. The molecule has 3 aromatic rings. The molecule has 5 nitrogen and oxygen atoms in total. The first kappa shape index (κ1) is 18.5. The van der Waals surface area contributed by atoms with Gasteiger partial charge in [-0.15, -0.1) is 13.2 Å². The van der Waals surface area contributed by atoms with Crippen LogP contribution in [0.3, 0.4) is 0 Å². The van der Waals surface area contributed by atoms with Gasteiger partial charge in [0.25, 0.3) is 0 Å². The predicted molar refractivity (Wildman–Crippen MR) is 98.9 cm³/mol. The molecule has 1 aliphatic rings. The zero-order valence-corrected chi connectivity index (χ0v) is 14.9.